The summed E-state index contributed by atoms with van der Waals surface area (Å²) >= 11 is 4.16. The summed E-state index contributed by atoms with van der Waals surface area (Å²) in [6.45, 7) is 6.58. The van der Waals surface area contributed by atoms with Gasteiger partial charge in [-0.05, 0) is 38.8 Å². The largest absolute Gasteiger partial charge is 0.468 e. The number of ether oxygens (including phenoxy) is 2. The highest BCUT2D eigenvalue weighted by molar-refractivity contribution is 7.80. The molecular weight excluding hydrogens is 422 g/mol. The van der Waals surface area contributed by atoms with Crippen LogP contribution in [0.15, 0.2) is 24.3 Å². The number of methoxy groups -OCH3 is 1. The van der Waals surface area contributed by atoms with Crippen molar-refractivity contribution >= 4 is 36.5 Å². The van der Waals surface area contributed by atoms with Crippen LogP contribution in [0.25, 0.3) is 0 Å². The third-order valence-corrected chi connectivity index (χ3v) is 4.64. The van der Waals surface area contributed by atoms with Crippen LogP contribution in [0.3, 0.4) is 0 Å². The topological polar surface area (TPSA) is 114 Å². The molecule has 1 aromatic rings. The first-order valence-corrected chi connectivity index (χ1v) is 10.3. The Bertz CT molecular complexity index is 809. The lowest BCUT2D eigenvalue weighted by Gasteiger charge is -2.31. The summed E-state index contributed by atoms with van der Waals surface area (Å²) in [5.41, 5.74) is 0.622. The molecule has 10 heteroatoms. The first-order valence-electron chi connectivity index (χ1n) is 9.68. The van der Waals surface area contributed by atoms with Gasteiger partial charge in [-0.1, -0.05) is 24.3 Å². The third-order valence-electron chi connectivity index (χ3n) is 4.27. The average molecular weight is 454 g/mol. The summed E-state index contributed by atoms with van der Waals surface area (Å²) in [6, 6.07) is 5.02. The Hall–Kier alpha value is -2.75. The first-order chi connectivity index (χ1) is 14.4. The number of benzene rings is 1. The Kier molecular flexibility index (Phi) is 9.83. The smallest absolute Gasteiger partial charge is 0.408 e. The van der Waals surface area contributed by atoms with Crippen molar-refractivity contribution in [3.63, 3.8) is 0 Å². The molecule has 172 valence electrons. The highest BCUT2D eigenvalue weighted by Crippen LogP contribution is 2.24. The average Bonchev–Trinajstić information content (AvgIpc) is 2.69. The number of nitrogens with zero attached hydrogens (tertiary/aromatic N) is 1. The van der Waals surface area contributed by atoms with Gasteiger partial charge in [-0.2, -0.15) is 12.6 Å². The van der Waals surface area contributed by atoms with Crippen LogP contribution in [0.1, 0.15) is 37.9 Å². The molecule has 1 aromatic carbocycles. The van der Waals surface area contributed by atoms with Crippen LogP contribution in [0.4, 0.5) is 4.79 Å². The van der Waals surface area contributed by atoms with Gasteiger partial charge in [0, 0.05) is 12.8 Å². The van der Waals surface area contributed by atoms with Crippen LogP contribution < -0.4 is 10.6 Å². The molecule has 2 N–H and O–H groups in total. The zero-order valence-electron chi connectivity index (χ0n) is 18.7. The van der Waals surface area contributed by atoms with Crippen molar-refractivity contribution in [2.24, 2.45) is 0 Å². The fourth-order valence-corrected chi connectivity index (χ4v) is 3.00. The van der Waals surface area contributed by atoms with Gasteiger partial charge in [0.1, 0.15) is 24.2 Å². The molecular formula is C21H31N3O6S. The molecule has 0 heterocycles. The van der Waals surface area contributed by atoms with Gasteiger partial charge in [-0.25, -0.2) is 4.79 Å². The van der Waals surface area contributed by atoms with Gasteiger partial charge in [0.25, 0.3) is 0 Å². The number of thiol groups is 1. The van der Waals surface area contributed by atoms with E-state index in [1.54, 1.807) is 32.9 Å². The van der Waals surface area contributed by atoms with Crippen LogP contribution in [-0.2, 0) is 23.9 Å². The van der Waals surface area contributed by atoms with Gasteiger partial charge in [0.15, 0.2) is 0 Å². The minimum absolute atomic E-state index is 0.00725. The Balaban J connectivity index is 3.14. The third kappa shape index (κ3) is 8.12. The number of hydrogen-bond donors (Lipinski definition) is 3. The summed E-state index contributed by atoms with van der Waals surface area (Å²) in [5.74, 6) is -1.73. The molecule has 1 rings (SSSR count). The second kappa shape index (κ2) is 11.6. The van der Waals surface area contributed by atoms with E-state index in [9.17, 15) is 19.2 Å². The fraction of sp³-hybridized carbons (Fsp3) is 0.524. The Morgan fingerprint density at radius 3 is 2.29 bits per heavy atom. The molecule has 2 unspecified atom stereocenters. The minimum Gasteiger partial charge on any atom is -0.468 e. The van der Waals surface area contributed by atoms with Gasteiger partial charge in [0.2, 0.25) is 11.8 Å². The number of aryl methyl sites for hydroxylation is 1. The Morgan fingerprint density at radius 1 is 1.16 bits per heavy atom. The quantitative estimate of drug-likeness (QED) is 0.407. The van der Waals surface area contributed by atoms with E-state index in [-0.39, 0.29) is 12.3 Å². The van der Waals surface area contributed by atoms with E-state index in [0.29, 0.717) is 5.56 Å². The fourth-order valence-electron chi connectivity index (χ4n) is 2.76. The number of esters is 1. The van der Waals surface area contributed by atoms with E-state index < -0.39 is 41.6 Å². The number of rotatable bonds is 8. The molecule has 31 heavy (non-hydrogen) atoms. The SMILES string of the molecule is COC(=O)CNC(=O)C(c1ccccc1C)N(C)C(=O)C(CS)NC(=O)OC(C)(C)C. The standard InChI is InChI=1S/C21H31N3O6S/c1-13-9-7-8-10-14(13)17(18(26)22-11-16(25)29-6)24(5)19(27)15(12-31)23-20(28)30-21(2,3)4/h7-10,15,17,31H,11-12H2,1-6H3,(H,22,26)(H,23,28). The maximum Gasteiger partial charge on any atom is 0.408 e. The molecule has 0 aromatic heterocycles. The molecule has 0 aliphatic heterocycles. The van der Waals surface area contributed by atoms with E-state index in [0.717, 1.165) is 5.56 Å². The number of carbonyl (C=O) groups is 4. The number of nitrogens with one attached hydrogen (secondary N) is 2. The lowest BCUT2D eigenvalue weighted by Crippen LogP contribution is -2.52. The van der Waals surface area contributed by atoms with Crippen molar-refractivity contribution in [1.29, 1.82) is 0 Å². The van der Waals surface area contributed by atoms with Gasteiger partial charge in [-0.15, -0.1) is 0 Å². The molecule has 0 spiro atoms. The molecule has 0 aliphatic carbocycles. The van der Waals surface area contributed by atoms with Crippen LogP contribution >= 0.6 is 12.6 Å². The predicted molar refractivity (Wildman–Crippen MR) is 119 cm³/mol. The van der Waals surface area contributed by atoms with Crippen molar-refractivity contribution < 1.29 is 28.7 Å². The van der Waals surface area contributed by atoms with Crippen molar-refractivity contribution in [2.75, 3.05) is 26.5 Å². The molecule has 2 atom stereocenters. The maximum atomic E-state index is 13.1. The van der Waals surface area contributed by atoms with Gasteiger partial charge in [-0.3, -0.25) is 14.4 Å². The number of likely N-dealkylation sites (N-methyl/N-ethyl adjacent to an activating group) is 1. The normalized spacial score (nSPS) is 12.9. The molecule has 0 fully saturated rings. The van der Waals surface area contributed by atoms with E-state index in [2.05, 4.69) is 28.0 Å². The molecule has 3 amide bonds. The van der Waals surface area contributed by atoms with E-state index in [1.807, 2.05) is 19.1 Å². The van der Waals surface area contributed by atoms with E-state index in [4.69, 9.17) is 4.74 Å². The van der Waals surface area contributed by atoms with Crippen LogP contribution in [-0.4, -0.2) is 66.9 Å². The minimum atomic E-state index is -1.04. The number of alkyl carbamates (subject to hydrolysis) is 1. The summed E-state index contributed by atoms with van der Waals surface area (Å²) in [4.78, 5) is 50.9. The van der Waals surface area contributed by atoms with Gasteiger partial charge < -0.3 is 25.0 Å². The molecule has 9 nitrogen and oxygen atoms in total. The van der Waals surface area contributed by atoms with Crippen LogP contribution in [0.5, 0.6) is 0 Å². The zero-order valence-corrected chi connectivity index (χ0v) is 19.6. The number of amides is 3. The van der Waals surface area contributed by atoms with E-state index >= 15 is 0 Å². The predicted octanol–water partition coefficient (Wildman–Crippen LogP) is 1.61. The van der Waals surface area contributed by atoms with Crippen LogP contribution in [0, 0.1) is 6.92 Å². The second-order valence-electron chi connectivity index (χ2n) is 7.88. The maximum absolute atomic E-state index is 13.1. The first kappa shape index (κ1) is 26.3. The van der Waals surface area contributed by atoms with Crippen LogP contribution in [0.2, 0.25) is 0 Å². The Labute approximate surface area is 188 Å². The van der Waals surface area contributed by atoms with Gasteiger partial charge in [0.05, 0.1) is 7.11 Å². The lowest BCUT2D eigenvalue weighted by atomic mass is 9.99. The number of hydrogen-bond acceptors (Lipinski definition) is 7. The van der Waals surface area contributed by atoms with Crippen molar-refractivity contribution in [2.45, 2.75) is 45.4 Å². The molecule has 0 saturated carbocycles. The highest BCUT2D eigenvalue weighted by atomic mass is 32.1. The van der Waals surface area contributed by atoms with Gasteiger partial charge >= 0.3 is 12.1 Å². The summed E-state index contributed by atoms with van der Waals surface area (Å²) in [5, 5.41) is 4.97. The highest BCUT2D eigenvalue weighted by Gasteiger charge is 2.34. The summed E-state index contributed by atoms with van der Waals surface area (Å²) in [7, 11) is 2.66. The van der Waals surface area contributed by atoms with Crippen molar-refractivity contribution in [3.05, 3.63) is 35.4 Å². The number of carbonyl (C=O) groups excluding carboxylic acids is 4. The monoisotopic (exact) mass is 453 g/mol. The van der Waals surface area contributed by atoms with Crippen molar-refractivity contribution in [3.8, 4) is 0 Å². The molecule has 0 bridgehead atoms. The zero-order chi connectivity index (χ0) is 23.8. The molecule has 0 saturated heterocycles. The van der Waals surface area contributed by atoms with Crippen molar-refractivity contribution in [1.82, 2.24) is 15.5 Å². The summed E-state index contributed by atoms with van der Waals surface area (Å²) < 4.78 is 9.75. The molecule has 0 radical (unpaired) electrons. The Morgan fingerprint density at radius 2 is 1.77 bits per heavy atom. The lowest BCUT2D eigenvalue weighted by molar-refractivity contribution is -0.143. The summed E-state index contributed by atoms with van der Waals surface area (Å²) in [6.07, 6.45) is -0.768. The second-order valence-corrected chi connectivity index (χ2v) is 8.25. The van der Waals surface area contributed by atoms with E-state index in [1.165, 1.54) is 19.1 Å². The molecule has 0 aliphatic rings.